The molecule has 1 amide bonds. The minimum atomic E-state index is -0.886. The van der Waals surface area contributed by atoms with Crippen molar-refractivity contribution in [3.8, 4) is 6.07 Å². The van der Waals surface area contributed by atoms with E-state index in [9.17, 15) is 14.7 Å². The molecular formula is C18H22N2O3. The Labute approximate surface area is 136 Å². The zero-order valence-corrected chi connectivity index (χ0v) is 13.1. The number of amides is 1. The van der Waals surface area contributed by atoms with Gasteiger partial charge in [-0.15, -0.1) is 0 Å². The van der Waals surface area contributed by atoms with Gasteiger partial charge in [0, 0.05) is 13.1 Å². The van der Waals surface area contributed by atoms with Gasteiger partial charge in [-0.1, -0.05) is 43.2 Å². The Kier molecular flexibility index (Phi) is 6.16. The molecule has 5 nitrogen and oxygen atoms in total. The van der Waals surface area contributed by atoms with Crippen molar-refractivity contribution in [3.05, 3.63) is 35.9 Å². The molecule has 122 valence electrons. The average Bonchev–Trinajstić information content (AvgIpc) is 2.58. The quantitative estimate of drug-likeness (QED) is 0.875. The molecule has 1 aromatic rings. The van der Waals surface area contributed by atoms with Gasteiger partial charge in [0.15, 0.2) is 0 Å². The van der Waals surface area contributed by atoms with Crippen LogP contribution in [0.15, 0.2) is 30.3 Å². The van der Waals surface area contributed by atoms with Crippen molar-refractivity contribution in [2.75, 3.05) is 6.54 Å². The number of carboxylic acid groups (broad SMARTS) is 1. The molecule has 1 saturated carbocycles. The van der Waals surface area contributed by atoms with E-state index in [0.717, 1.165) is 18.4 Å². The normalized spacial score (nSPS) is 20.5. The van der Waals surface area contributed by atoms with Gasteiger partial charge in [-0.3, -0.25) is 9.59 Å². The highest BCUT2D eigenvalue weighted by molar-refractivity contribution is 5.85. The lowest BCUT2D eigenvalue weighted by Crippen LogP contribution is -2.42. The first kappa shape index (κ1) is 17.0. The summed E-state index contributed by atoms with van der Waals surface area (Å²) in [5, 5.41) is 18.2. The van der Waals surface area contributed by atoms with Crippen molar-refractivity contribution < 1.29 is 14.7 Å². The first-order valence-electron chi connectivity index (χ1n) is 8.06. The molecule has 0 aliphatic heterocycles. The van der Waals surface area contributed by atoms with E-state index in [-0.39, 0.29) is 12.3 Å². The van der Waals surface area contributed by atoms with E-state index in [2.05, 4.69) is 6.07 Å². The number of hydrogen-bond donors (Lipinski definition) is 1. The van der Waals surface area contributed by atoms with Gasteiger partial charge in [-0.25, -0.2) is 0 Å². The van der Waals surface area contributed by atoms with Gasteiger partial charge in [-0.05, 0) is 18.4 Å². The van der Waals surface area contributed by atoms with Crippen molar-refractivity contribution in [1.29, 1.82) is 5.26 Å². The Bertz CT molecular complexity index is 580. The van der Waals surface area contributed by atoms with Gasteiger partial charge in [0.1, 0.15) is 0 Å². The molecule has 0 saturated heterocycles. The van der Waals surface area contributed by atoms with Gasteiger partial charge >= 0.3 is 5.97 Å². The van der Waals surface area contributed by atoms with Crippen LogP contribution in [0.2, 0.25) is 0 Å². The van der Waals surface area contributed by atoms with Crippen molar-refractivity contribution in [3.63, 3.8) is 0 Å². The molecule has 2 atom stereocenters. The van der Waals surface area contributed by atoms with Gasteiger partial charge in [0.25, 0.3) is 0 Å². The van der Waals surface area contributed by atoms with E-state index < -0.39 is 17.8 Å². The van der Waals surface area contributed by atoms with Crippen LogP contribution < -0.4 is 0 Å². The molecule has 0 unspecified atom stereocenters. The lowest BCUT2D eigenvalue weighted by molar-refractivity contribution is -0.152. The SMILES string of the molecule is N#CCCN(Cc1ccccc1)C(=O)[C@@H]1CCCC[C@H]1C(=O)O. The number of nitrogens with zero attached hydrogens (tertiary/aromatic N) is 2. The summed E-state index contributed by atoms with van der Waals surface area (Å²) in [4.78, 5) is 26.0. The maximum absolute atomic E-state index is 12.9. The average molecular weight is 314 g/mol. The largest absolute Gasteiger partial charge is 0.481 e. The number of hydrogen-bond acceptors (Lipinski definition) is 3. The molecular weight excluding hydrogens is 292 g/mol. The number of rotatable bonds is 6. The van der Waals surface area contributed by atoms with E-state index in [0.29, 0.717) is 25.9 Å². The summed E-state index contributed by atoms with van der Waals surface area (Å²) >= 11 is 0. The smallest absolute Gasteiger partial charge is 0.307 e. The van der Waals surface area contributed by atoms with Crippen LogP contribution in [0.3, 0.4) is 0 Å². The fraction of sp³-hybridized carbons (Fsp3) is 0.500. The van der Waals surface area contributed by atoms with Crippen molar-refractivity contribution in [1.82, 2.24) is 4.90 Å². The number of benzene rings is 1. The zero-order chi connectivity index (χ0) is 16.7. The molecule has 1 aromatic carbocycles. The van der Waals surface area contributed by atoms with Crippen LogP contribution in [-0.4, -0.2) is 28.4 Å². The summed E-state index contributed by atoms with van der Waals surface area (Å²) in [6.07, 6.45) is 3.18. The predicted molar refractivity (Wildman–Crippen MR) is 85.2 cm³/mol. The molecule has 1 fully saturated rings. The Hall–Kier alpha value is -2.35. The fourth-order valence-electron chi connectivity index (χ4n) is 3.21. The summed E-state index contributed by atoms with van der Waals surface area (Å²) in [6, 6.07) is 11.7. The van der Waals surface area contributed by atoms with Crippen LogP contribution in [0.1, 0.15) is 37.7 Å². The van der Waals surface area contributed by atoms with E-state index >= 15 is 0 Å². The third-order valence-corrected chi connectivity index (χ3v) is 4.42. The number of carbonyl (C=O) groups is 2. The van der Waals surface area contributed by atoms with Crippen LogP contribution in [0.5, 0.6) is 0 Å². The topological polar surface area (TPSA) is 81.4 Å². The molecule has 0 radical (unpaired) electrons. The Balaban J connectivity index is 2.14. The van der Waals surface area contributed by atoms with E-state index in [1.54, 1.807) is 4.90 Å². The van der Waals surface area contributed by atoms with Crippen LogP contribution >= 0.6 is 0 Å². The summed E-state index contributed by atoms with van der Waals surface area (Å²) in [5.74, 6) is -2.08. The monoisotopic (exact) mass is 314 g/mol. The molecule has 1 aliphatic carbocycles. The molecule has 2 rings (SSSR count). The molecule has 1 N–H and O–H groups in total. The number of aliphatic carboxylic acids is 1. The molecule has 5 heteroatoms. The molecule has 23 heavy (non-hydrogen) atoms. The standard InChI is InChI=1S/C18H22N2O3/c19-11-6-12-20(13-14-7-2-1-3-8-14)17(21)15-9-4-5-10-16(15)18(22)23/h1-3,7-8,15-16H,4-6,9-10,12-13H2,(H,22,23)/t15-,16-/m1/s1. The first-order chi connectivity index (χ1) is 11.1. The molecule has 1 aliphatic rings. The summed E-state index contributed by atoms with van der Waals surface area (Å²) in [6.45, 7) is 0.761. The van der Waals surface area contributed by atoms with E-state index in [1.807, 2.05) is 30.3 Å². The van der Waals surface area contributed by atoms with Crippen molar-refractivity contribution in [2.45, 2.75) is 38.6 Å². The minimum absolute atomic E-state index is 0.129. The first-order valence-corrected chi connectivity index (χ1v) is 8.06. The van der Waals surface area contributed by atoms with E-state index in [1.165, 1.54) is 0 Å². The number of nitriles is 1. The van der Waals surface area contributed by atoms with Crippen LogP contribution in [0.25, 0.3) is 0 Å². The molecule has 0 spiro atoms. The van der Waals surface area contributed by atoms with Crippen LogP contribution in [0, 0.1) is 23.2 Å². The van der Waals surface area contributed by atoms with Gasteiger partial charge in [-0.2, -0.15) is 5.26 Å². The Morgan fingerprint density at radius 2 is 1.83 bits per heavy atom. The number of carboxylic acids is 1. The maximum Gasteiger partial charge on any atom is 0.307 e. The lowest BCUT2D eigenvalue weighted by atomic mass is 9.78. The Morgan fingerprint density at radius 3 is 2.43 bits per heavy atom. The third-order valence-electron chi connectivity index (χ3n) is 4.42. The number of carbonyl (C=O) groups excluding carboxylic acids is 1. The van der Waals surface area contributed by atoms with Crippen LogP contribution in [-0.2, 0) is 16.1 Å². The summed E-state index contributed by atoms with van der Waals surface area (Å²) in [5.41, 5.74) is 0.987. The lowest BCUT2D eigenvalue weighted by Gasteiger charge is -2.32. The summed E-state index contributed by atoms with van der Waals surface area (Å²) < 4.78 is 0. The fourth-order valence-corrected chi connectivity index (χ4v) is 3.21. The Morgan fingerprint density at radius 1 is 1.17 bits per heavy atom. The molecule has 0 bridgehead atoms. The summed E-state index contributed by atoms with van der Waals surface area (Å²) in [7, 11) is 0. The van der Waals surface area contributed by atoms with Gasteiger partial charge in [0.2, 0.25) is 5.91 Å². The highest BCUT2D eigenvalue weighted by Gasteiger charge is 2.37. The highest BCUT2D eigenvalue weighted by atomic mass is 16.4. The highest BCUT2D eigenvalue weighted by Crippen LogP contribution is 2.32. The van der Waals surface area contributed by atoms with Crippen molar-refractivity contribution >= 4 is 11.9 Å². The minimum Gasteiger partial charge on any atom is -0.481 e. The predicted octanol–water partition coefficient (Wildman–Crippen LogP) is 2.82. The van der Waals surface area contributed by atoms with Crippen molar-refractivity contribution in [2.24, 2.45) is 11.8 Å². The third kappa shape index (κ3) is 4.56. The second-order valence-electron chi connectivity index (χ2n) is 5.99. The van der Waals surface area contributed by atoms with E-state index in [4.69, 9.17) is 5.26 Å². The molecule has 0 aromatic heterocycles. The van der Waals surface area contributed by atoms with Crippen LogP contribution in [0.4, 0.5) is 0 Å². The molecule has 0 heterocycles. The van der Waals surface area contributed by atoms with Gasteiger partial charge in [0.05, 0.1) is 24.3 Å². The zero-order valence-electron chi connectivity index (χ0n) is 13.1. The van der Waals surface area contributed by atoms with Gasteiger partial charge < -0.3 is 10.0 Å². The maximum atomic E-state index is 12.9. The second-order valence-corrected chi connectivity index (χ2v) is 5.99. The second kappa shape index (κ2) is 8.33.